The van der Waals surface area contributed by atoms with Gasteiger partial charge in [-0.2, -0.15) is 0 Å². The number of fused-ring (bicyclic) bond motifs is 4. The van der Waals surface area contributed by atoms with Gasteiger partial charge in [0.2, 0.25) is 17.3 Å². The first-order valence-electron chi connectivity index (χ1n) is 16.2. The van der Waals surface area contributed by atoms with Crippen LogP contribution in [0.5, 0.6) is 23.0 Å². The highest BCUT2D eigenvalue weighted by atomic mass is 35.5. The fraction of sp³-hybridized carbons (Fsp3) is 0.243. The van der Waals surface area contributed by atoms with Crippen molar-refractivity contribution in [3.05, 3.63) is 105 Å². The van der Waals surface area contributed by atoms with Gasteiger partial charge in [-0.05, 0) is 55.0 Å². The molecule has 0 amide bonds. The lowest BCUT2D eigenvalue weighted by Crippen LogP contribution is -2.28. The molecule has 14 nitrogen and oxygen atoms in total. The summed E-state index contributed by atoms with van der Waals surface area (Å²) in [6.45, 7) is 4.54. The highest BCUT2D eigenvalue weighted by molar-refractivity contribution is 6.33. The monoisotopic (exact) mass is 770 g/mol. The minimum atomic E-state index is -0.559. The van der Waals surface area contributed by atoms with Gasteiger partial charge in [-0.15, -0.1) is 24.8 Å². The van der Waals surface area contributed by atoms with E-state index in [1.54, 1.807) is 25.1 Å². The molecule has 0 saturated heterocycles. The van der Waals surface area contributed by atoms with Crippen LogP contribution in [0.25, 0.3) is 0 Å². The van der Waals surface area contributed by atoms with Crippen molar-refractivity contribution >= 4 is 59.3 Å². The number of aryl methyl sites for hydroxylation is 1. The second-order valence-corrected chi connectivity index (χ2v) is 11.8. The third kappa shape index (κ3) is 8.54. The normalized spacial score (nSPS) is 12.2. The van der Waals surface area contributed by atoms with Gasteiger partial charge in [-0.3, -0.25) is 19.2 Å². The SMILES string of the molecule is Cc1cc(O)c2c(c1)C(=O)c1cccc(O)c1C2=O.Cl.Cl.O=C1c2c(O)ccc(O)c2C(=O)c2c(NCCNCCO)ccc(NCCNCCO)c21. The molecule has 0 atom stereocenters. The number of rotatable bonds is 12. The Labute approximate surface area is 316 Å². The van der Waals surface area contributed by atoms with E-state index in [4.69, 9.17) is 10.2 Å². The Morgan fingerprint density at radius 2 is 0.925 bits per heavy atom. The number of carbonyl (C=O) groups is 4. The number of aliphatic hydroxyl groups excluding tert-OH is 2. The molecule has 0 unspecified atom stereocenters. The maximum absolute atomic E-state index is 13.4. The first-order valence-corrected chi connectivity index (χ1v) is 16.2. The fourth-order valence-corrected chi connectivity index (χ4v) is 6.06. The molecule has 0 radical (unpaired) electrons. The number of halogens is 2. The molecule has 10 N–H and O–H groups in total. The molecule has 53 heavy (non-hydrogen) atoms. The van der Waals surface area contributed by atoms with Crippen LogP contribution in [0.2, 0.25) is 0 Å². The van der Waals surface area contributed by atoms with E-state index >= 15 is 0 Å². The standard InChI is InChI=1S/C22H28N4O6.C15H10O4.2ClH/c27-11-9-23-5-7-25-13-1-2-14(26-8-6-24-10-12-28)18-17(13)21(31)19-15(29)3-4-16(30)20(19)22(18)32;1-7-5-9-13(11(17)6-7)15(19)12-8(14(9)18)3-2-4-10(12)16;;/h1-4,23-30H,5-12H2;2-6,16-17H,1H3;2*1H. The predicted molar refractivity (Wildman–Crippen MR) is 202 cm³/mol. The number of phenols is 4. The Hall–Kier alpha value is -5.22. The summed E-state index contributed by atoms with van der Waals surface area (Å²) in [5.74, 6) is -3.23. The summed E-state index contributed by atoms with van der Waals surface area (Å²) in [5.41, 5.74) is 1.64. The number of hydrogen-bond donors (Lipinski definition) is 10. The highest BCUT2D eigenvalue weighted by Crippen LogP contribution is 2.42. The van der Waals surface area contributed by atoms with Crippen molar-refractivity contribution in [2.24, 2.45) is 0 Å². The van der Waals surface area contributed by atoms with E-state index in [0.717, 1.165) is 0 Å². The Morgan fingerprint density at radius 3 is 1.42 bits per heavy atom. The van der Waals surface area contributed by atoms with Crippen LogP contribution in [-0.4, -0.2) is 106 Å². The number of anilines is 2. The van der Waals surface area contributed by atoms with E-state index in [2.05, 4.69) is 21.3 Å². The van der Waals surface area contributed by atoms with Crippen LogP contribution < -0.4 is 21.3 Å². The van der Waals surface area contributed by atoms with Gasteiger partial charge in [0.05, 0.1) is 46.6 Å². The van der Waals surface area contributed by atoms with Crippen molar-refractivity contribution in [2.45, 2.75) is 6.92 Å². The molecule has 16 heteroatoms. The Bertz CT molecular complexity index is 1960. The quantitative estimate of drug-likeness (QED) is 0.0637. The molecule has 4 aromatic carbocycles. The lowest BCUT2D eigenvalue weighted by Gasteiger charge is -2.25. The summed E-state index contributed by atoms with van der Waals surface area (Å²) in [6.07, 6.45) is 0. The molecule has 4 aromatic rings. The zero-order chi connectivity index (χ0) is 36.8. The topological polar surface area (TPSA) is 238 Å². The number of aliphatic hydroxyl groups is 2. The molecule has 0 fully saturated rings. The molecular formula is C37H40Cl2N4O10. The lowest BCUT2D eigenvalue weighted by molar-refractivity contribution is 0.0974. The number of ketones is 4. The number of carbonyl (C=O) groups excluding carboxylic acids is 4. The molecule has 0 heterocycles. The Balaban J connectivity index is 0.000000308. The maximum atomic E-state index is 13.4. The van der Waals surface area contributed by atoms with Crippen LogP contribution in [0.4, 0.5) is 11.4 Å². The second kappa shape index (κ2) is 18.5. The summed E-state index contributed by atoms with van der Waals surface area (Å²) in [7, 11) is 0. The molecule has 0 spiro atoms. The summed E-state index contributed by atoms with van der Waals surface area (Å²) in [6, 6.07) is 13.1. The van der Waals surface area contributed by atoms with Gasteiger partial charge in [-0.25, -0.2) is 0 Å². The predicted octanol–water partition coefficient (Wildman–Crippen LogP) is 2.89. The smallest absolute Gasteiger partial charge is 0.201 e. The minimum Gasteiger partial charge on any atom is -0.507 e. The molecule has 2 aliphatic carbocycles. The van der Waals surface area contributed by atoms with Gasteiger partial charge in [0.25, 0.3) is 0 Å². The minimum absolute atomic E-state index is 0. The highest BCUT2D eigenvalue weighted by Gasteiger charge is 2.38. The van der Waals surface area contributed by atoms with E-state index < -0.39 is 17.3 Å². The van der Waals surface area contributed by atoms with Gasteiger partial charge >= 0.3 is 0 Å². The summed E-state index contributed by atoms with van der Waals surface area (Å²) in [4.78, 5) is 51.4. The summed E-state index contributed by atoms with van der Waals surface area (Å²) in [5, 5.41) is 70.2. The number of nitrogens with one attached hydrogen (secondary N) is 4. The van der Waals surface area contributed by atoms with E-state index in [1.165, 1.54) is 36.4 Å². The van der Waals surface area contributed by atoms with Crippen molar-refractivity contribution in [2.75, 3.05) is 63.1 Å². The zero-order valence-electron chi connectivity index (χ0n) is 28.5. The van der Waals surface area contributed by atoms with Crippen molar-refractivity contribution in [1.29, 1.82) is 0 Å². The first kappa shape index (κ1) is 42.2. The number of benzene rings is 4. The van der Waals surface area contributed by atoms with Crippen LogP contribution in [0, 0.1) is 6.92 Å². The molecular weight excluding hydrogens is 731 g/mol. The van der Waals surface area contributed by atoms with E-state index in [0.29, 0.717) is 56.2 Å². The number of hydrogen-bond acceptors (Lipinski definition) is 14. The van der Waals surface area contributed by atoms with E-state index in [-0.39, 0.29) is 111 Å². The molecule has 6 rings (SSSR count). The average molecular weight is 772 g/mol. The molecule has 0 bridgehead atoms. The van der Waals surface area contributed by atoms with Crippen molar-refractivity contribution in [1.82, 2.24) is 10.6 Å². The summed E-state index contributed by atoms with van der Waals surface area (Å²) >= 11 is 0. The van der Waals surface area contributed by atoms with Crippen molar-refractivity contribution in [3.8, 4) is 23.0 Å². The van der Waals surface area contributed by atoms with Gasteiger partial charge in [0, 0.05) is 61.8 Å². The average Bonchev–Trinajstić information content (AvgIpc) is 3.10. The molecule has 282 valence electrons. The van der Waals surface area contributed by atoms with E-state index in [1.807, 2.05) is 0 Å². The van der Waals surface area contributed by atoms with Gasteiger partial charge in [0.1, 0.15) is 23.0 Å². The van der Waals surface area contributed by atoms with Crippen LogP contribution in [-0.2, 0) is 0 Å². The van der Waals surface area contributed by atoms with Gasteiger partial charge in [0.15, 0.2) is 5.78 Å². The largest absolute Gasteiger partial charge is 0.507 e. The van der Waals surface area contributed by atoms with Crippen LogP contribution >= 0.6 is 24.8 Å². The van der Waals surface area contributed by atoms with E-state index in [9.17, 15) is 39.6 Å². The summed E-state index contributed by atoms with van der Waals surface area (Å²) < 4.78 is 0. The Kier molecular flexibility index (Phi) is 14.7. The zero-order valence-corrected chi connectivity index (χ0v) is 30.1. The molecule has 0 saturated carbocycles. The van der Waals surface area contributed by atoms with Gasteiger partial charge < -0.3 is 51.9 Å². The second-order valence-electron chi connectivity index (χ2n) is 11.8. The number of aromatic hydroxyl groups is 4. The maximum Gasteiger partial charge on any atom is 0.201 e. The molecule has 2 aliphatic rings. The van der Waals surface area contributed by atoms with Crippen LogP contribution in [0.15, 0.2) is 54.6 Å². The van der Waals surface area contributed by atoms with Crippen molar-refractivity contribution in [3.63, 3.8) is 0 Å². The van der Waals surface area contributed by atoms with Crippen LogP contribution in [0.3, 0.4) is 0 Å². The third-order valence-electron chi connectivity index (χ3n) is 8.33. The van der Waals surface area contributed by atoms with Crippen molar-refractivity contribution < 1.29 is 49.8 Å². The number of phenolic OH excluding ortho intramolecular Hbond substituents is 4. The lowest BCUT2D eigenvalue weighted by atomic mass is 9.81. The molecule has 0 aromatic heterocycles. The first-order chi connectivity index (χ1) is 24.5. The Morgan fingerprint density at radius 1 is 0.472 bits per heavy atom. The third-order valence-corrected chi connectivity index (χ3v) is 8.33. The van der Waals surface area contributed by atoms with Gasteiger partial charge in [-0.1, -0.05) is 12.1 Å². The molecule has 0 aliphatic heterocycles. The fourth-order valence-electron chi connectivity index (χ4n) is 6.06. The van der Waals surface area contributed by atoms with Crippen LogP contribution in [0.1, 0.15) is 69.2 Å².